The van der Waals surface area contributed by atoms with Gasteiger partial charge in [-0.15, -0.1) is 0 Å². The van der Waals surface area contributed by atoms with E-state index >= 15 is 0 Å². The molecule has 2 atom stereocenters. The van der Waals surface area contributed by atoms with Gasteiger partial charge in [0.1, 0.15) is 0 Å². The molecule has 1 aromatic rings. The van der Waals surface area contributed by atoms with Gasteiger partial charge in [0.2, 0.25) is 5.75 Å². The van der Waals surface area contributed by atoms with Crippen LogP contribution in [0.5, 0.6) is 5.75 Å². The second-order valence-electron chi connectivity index (χ2n) is 4.73. The number of hydrogen-bond acceptors (Lipinski definition) is 4. The maximum Gasteiger partial charge on any atom is 0.311 e. The molecule has 2 unspecified atom stereocenters. The van der Waals surface area contributed by atoms with Crippen LogP contribution in [0.1, 0.15) is 37.6 Å². The number of nitrogens with zero attached hydrogens (tertiary/aromatic N) is 1. The van der Waals surface area contributed by atoms with Crippen LogP contribution in [0.15, 0.2) is 18.2 Å². The van der Waals surface area contributed by atoms with Crippen molar-refractivity contribution in [3.05, 3.63) is 33.9 Å². The molecule has 7 heteroatoms. The molecular weight excluding hydrogens is 340 g/mol. The normalized spacial score (nSPS) is 13.3. The highest BCUT2D eigenvalue weighted by atomic mass is 79.9. The van der Waals surface area contributed by atoms with Gasteiger partial charge in [-0.05, 0) is 26.3 Å². The molecule has 1 amide bonds. The first-order chi connectivity index (χ1) is 9.86. The van der Waals surface area contributed by atoms with E-state index in [1.807, 2.05) is 13.8 Å². The highest BCUT2D eigenvalue weighted by Gasteiger charge is 2.23. The smallest absolute Gasteiger partial charge is 0.311 e. The minimum Gasteiger partial charge on any atom is -0.487 e. The summed E-state index contributed by atoms with van der Waals surface area (Å²) in [7, 11) is 0. The minimum atomic E-state index is -0.550. The number of benzene rings is 1. The van der Waals surface area contributed by atoms with Crippen LogP contribution in [-0.4, -0.2) is 28.3 Å². The predicted octanol–water partition coefficient (Wildman–Crippen LogP) is 3.29. The monoisotopic (exact) mass is 358 g/mol. The largest absolute Gasteiger partial charge is 0.487 e. The first-order valence-corrected chi connectivity index (χ1v) is 7.63. The number of rotatable bonds is 7. The van der Waals surface area contributed by atoms with Gasteiger partial charge in [-0.3, -0.25) is 14.9 Å². The molecule has 116 valence electrons. The summed E-state index contributed by atoms with van der Waals surface area (Å²) in [5, 5.41) is 13.8. The zero-order chi connectivity index (χ0) is 16.0. The highest BCUT2D eigenvalue weighted by molar-refractivity contribution is 9.09. The third-order valence-corrected chi connectivity index (χ3v) is 3.15. The molecule has 0 fully saturated rings. The van der Waals surface area contributed by atoms with Gasteiger partial charge in [0.25, 0.3) is 5.91 Å². The van der Waals surface area contributed by atoms with Crippen molar-refractivity contribution in [2.24, 2.45) is 0 Å². The van der Waals surface area contributed by atoms with Crippen LogP contribution in [0.2, 0.25) is 0 Å². The van der Waals surface area contributed by atoms with E-state index in [4.69, 9.17) is 4.74 Å². The first-order valence-electron chi connectivity index (χ1n) is 6.71. The molecule has 6 nitrogen and oxygen atoms in total. The SMILES string of the molecule is CCOc1c(C(=O)NC(C)CC(C)Br)cccc1[N+](=O)[O-]. The second kappa shape index (κ2) is 7.97. The molecular formula is C14H19BrN2O4. The Balaban J connectivity index is 3.03. The molecule has 0 saturated carbocycles. The molecule has 0 bridgehead atoms. The van der Waals surface area contributed by atoms with Gasteiger partial charge in [-0.1, -0.05) is 28.9 Å². The van der Waals surface area contributed by atoms with Crippen molar-refractivity contribution in [3.63, 3.8) is 0 Å². The number of halogens is 1. The van der Waals surface area contributed by atoms with Crippen molar-refractivity contribution in [3.8, 4) is 5.75 Å². The Labute approximate surface area is 132 Å². The zero-order valence-electron chi connectivity index (χ0n) is 12.3. The summed E-state index contributed by atoms with van der Waals surface area (Å²) in [6.45, 7) is 5.83. The van der Waals surface area contributed by atoms with Gasteiger partial charge >= 0.3 is 5.69 Å². The lowest BCUT2D eigenvalue weighted by atomic mass is 10.1. The van der Waals surface area contributed by atoms with Crippen LogP contribution < -0.4 is 10.1 Å². The number of para-hydroxylation sites is 1. The van der Waals surface area contributed by atoms with E-state index in [9.17, 15) is 14.9 Å². The van der Waals surface area contributed by atoms with E-state index in [0.29, 0.717) is 0 Å². The lowest BCUT2D eigenvalue weighted by Gasteiger charge is -2.16. The fourth-order valence-corrected chi connectivity index (χ4v) is 2.55. The third kappa shape index (κ3) is 5.00. The number of carbonyl (C=O) groups excluding carboxylic acids is 1. The summed E-state index contributed by atoms with van der Waals surface area (Å²) in [5.74, 6) is -0.357. The number of nitro groups is 1. The summed E-state index contributed by atoms with van der Waals surface area (Å²) in [6, 6.07) is 4.28. The Kier molecular flexibility index (Phi) is 6.61. The number of amides is 1. The molecule has 0 saturated heterocycles. The van der Waals surface area contributed by atoms with Crippen molar-refractivity contribution in [1.29, 1.82) is 0 Å². The Morgan fingerprint density at radius 2 is 2.14 bits per heavy atom. The molecule has 0 spiro atoms. The summed E-state index contributed by atoms with van der Waals surface area (Å²) >= 11 is 3.43. The Morgan fingerprint density at radius 1 is 1.48 bits per heavy atom. The number of carbonyl (C=O) groups is 1. The number of alkyl halides is 1. The number of nitro benzene ring substituents is 1. The van der Waals surface area contributed by atoms with E-state index in [2.05, 4.69) is 21.2 Å². The van der Waals surface area contributed by atoms with Gasteiger partial charge in [-0.25, -0.2) is 0 Å². The fraction of sp³-hybridized carbons (Fsp3) is 0.500. The molecule has 1 rings (SSSR count). The Morgan fingerprint density at radius 3 is 2.67 bits per heavy atom. The maximum atomic E-state index is 12.3. The number of hydrogen-bond donors (Lipinski definition) is 1. The van der Waals surface area contributed by atoms with E-state index in [0.717, 1.165) is 6.42 Å². The van der Waals surface area contributed by atoms with Gasteiger partial charge in [0.15, 0.2) is 0 Å². The molecule has 1 aromatic carbocycles. The Hall–Kier alpha value is -1.63. The second-order valence-corrected chi connectivity index (χ2v) is 6.30. The summed E-state index contributed by atoms with van der Waals surface area (Å²) in [4.78, 5) is 23.0. The standard InChI is InChI=1S/C14H19BrN2O4/c1-4-21-13-11(6-5-7-12(13)17(19)20)14(18)16-10(3)8-9(2)15/h5-7,9-10H,4,8H2,1-3H3,(H,16,18). The fourth-order valence-electron chi connectivity index (χ4n) is 1.99. The van der Waals surface area contributed by atoms with Crippen molar-refractivity contribution in [2.45, 2.75) is 38.1 Å². The van der Waals surface area contributed by atoms with Gasteiger partial charge < -0.3 is 10.1 Å². The molecule has 0 aliphatic heterocycles. The van der Waals surface area contributed by atoms with E-state index in [1.54, 1.807) is 6.92 Å². The van der Waals surface area contributed by atoms with E-state index in [1.165, 1.54) is 18.2 Å². The van der Waals surface area contributed by atoms with Crippen LogP contribution in [0.4, 0.5) is 5.69 Å². The van der Waals surface area contributed by atoms with Gasteiger partial charge in [0, 0.05) is 16.9 Å². The van der Waals surface area contributed by atoms with E-state index < -0.39 is 4.92 Å². The van der Waals surface area contributed by atoms with Crippen LogP contribution in [-0.2, 0) is 0 Å². The molecule has 0 radical (unpaired) electrons. The molecule has 0 aromatic heterocycles. The molecule has 1 N–H and O–H groups in total. The average Bonchev–Trinajstić information content (AvgIpc) is 2.37. The van der Waals surface area contributed by atoms with Gasteiger partial charge in [-0.2, -0.15) is 0 Å². The van der Waals surface area contributed by atoms with Crippen molar-refractivity contribution >= 4 is 27.5 Å². The summed E-state index contributed by atoms with van der Waals surface area (Å²) < 4.78 is 5.30. The lowest BCUT2D eigenvalue weighted by Crippen LogP contribution is -2.34. The number of ether oxygens (including phenoxy) is 1. The lowest BCUT2D eigenvalue weighted by molar-refractivity contribution is -0.385. The minimum absolute atomic E-state index is 0.0154. The van der Waals surface area contributed by atoms with Crippen LogP contribution in [0.3, 0.4) is 0 Å². The van der Waals surface area contributed by atoms with Crippen LogP contribution in [0.25, 0.3) is 0 Å². The molecule has 21 heavy (non-hydrogen) atoms. The van der Waals surface area contributed by atoms with Crippen LogP contribution >= 0.6 is 15.9 Å². The highest BCUT2D eigenvalue weighted by Crippen LogP contribution is 2.31. The van der Waals surface area contributed by atoms with Gasteiger partial charge in [0.05, 0.1) is 17.1 Å². The Bertz CT molecular complexity index is 520. The summed E-state index contributed by atoms with van der Waals surface area (Å²) in [5.41, 5.74) is -0.0221. The first kappa shape index (κ1) is 17.4. The molecule has 0 aliphatic rings. The number of nitrogens with one attached hydrogen (secondary N) is 1. The summed E-state index contributed by atoms with van der Waals surface area (Å²) in [6.07, 6.45) is 0.755. The molecule has 0 aliphatic carbocycles. The van der Waals surface area contributed by atoms with E-state index in [-0.39, 0.29) is 40.4 Å². The predicted molar refractivity (Wildman–Crippen MR) is 84.2 cm³/mol. The third-order valence-electron chi connectivity index (χ3n) is 2.78. The van der Waals surface area contributed by atoms with Crippen molar-refractivity contribution in [1.82, 2.24) is 5.32 Å². The zero-order valence-corrected chi connectivity index (χ0v) is 13.8. The van der Waals surface area contributed by atoms with Crippen LogP contribution in [0, 0.1) is 10.1 Å². The topological polar surface area (TPSA) is 81.5 Å². The quantitative estimate of drug-likeness (QED) is 0.460. The maximum absolute atomic E-state index is 12.3. The average molecular weight is 359 g/mol. The molecule has 0 heterocycles. The van der Waals surface area contributed by atoms with Crippen molar-refractivity contribution in [2.75, 3.05) is 6.61 Å². The van der Waals surface area contributed by atoms with Crippen molar-refractivity contribution < 1.29 is 14.5 Å².